The van der Waals surface area contributed by atoms with Crippen molar-refractivity contribution in [3.8, 4) is 0 Å². The maximum Gasteiger partial charge on any atom is 0.421 e. The Kier molecular flexibility index (Phi) is 5.35. The van der Waals surface area contributed by atoms with Gasteiger partial charge in [-0.1, -0.05) is 0 Å². The molecule has 1 amide bonds. The van der Waals surface area contributed by atoms with Gasteiger partial charge in [-0.15, -0.1) is 0 Å². The fraction of sp³-hybridized carbons (Fsp3) is 0.500. The number of rotatable bonds is 6. The largest absolute Gasteiger partial charge is 0.450 e. The van der Waals surface area contributed by atoms with Gasteiger partial charge in [-0.2, -0.15) is 18.2 Å². The Morgan fingerprint density at radius 2 is 2.10 bits per heavy atom. The molecule has 0 radical (unpaired) electrons. The van der Waals surface area contributed by atoms with Crippen molar-refractivity contribution in [2.24, 2.45) is 5.73 Å². The summed E-state index contributed by atoms with van der Waals surface area (Å²) in [6.45, 7) is 0.316. The first kappa shape index (κ1) is 15.8. The summed E-state index contributed by atoms with van der Waals surface area (Å²) in [5, 5.41) is 2.53. The molecule has 0 unspecified atom stereocenters. The van der Waals surface area contributed by atoms with E-state index in [2.05, 4.69) is 20.0 Å². The van der Waals surface area contributed by atoms with Gasteiger partial charge in [0.2, 0.25) is 5.95 Å². The van der Waals surface area contributed by atoms with Gasteiger partial charge in [-0.05, 0) is 12.8 Å². The van der Waals surface area contributed by atoms with Crippen LogP contribution in [0.15, 0.2) is 6.20 Å². The van der Waals surface area contributed by atoms with E-state index in [1.165, 1.54) is 0 Å². The number of carbonyl (C=O) groups is 1. The molecule has 10 heteroatoms. The normalized spacial score (nSPS) is 11.2. The van der Waals surface area contributed by atoms with Crippen LogP contribution in [0.1, 0.15) is 18.4 Å². The number of halogens is 3. The molecule has 5 N–H and O–H groups in total. The van der Waals surface area contributed by atoms with Crippen molar-refractivity contribution >= 4 is 17.9 Å². The van der Waals surface area contributed by atoms with Crippen molar-refractivity contribution < 1.29 is 22.7 Å². The number of nitrogens with zero attached hydrogens (tertiary/aromatic N) is 2. The molecule has 0 saturated carbocycles. The molecule has 1 heterocycles. The fourth-order valence-corrected chi connectivity index (χ4v) is 1.34. The van der Waals surface area contributed by atoms with Crippen LogP contribution in [0.3, 0.4) is 0 Å². The summed E-state index contributed by atoms with van der Waals surface area (Å²) in [7, 11) is 0. The second-order valence-electron chi connectivity index (χ2n) is 3.79. The summed E-state index contributed by atoms with van der Waals surface area (Å²) in [6, 6.07) is 0. The Balaban J connectivity index is 2.51. The summed E-state index contributed by atoms with van der Waals surface area (Å²) in [5.74, 6) is -0.626. The van der Waals surface area contributed by atoms with Crippen LogP contribution < -0.4 is 16.8 Å². The van der Waals surface area contributed by atoms with E-state index in [9.17, 15) is 18.0 Å². The molecule has 0 bridgehead atoms. The van der Waals surface area contributed by atoms with Crippen molar-refractivity contribution in [3.63, 3.8) is 0 Å². The van der Waals surface area contributed by atoms with Crippen molar-refractivity contribution in [3.05, 3.63) is 11.8 Å². The average molecular weight is 293 g/mol. The van der Waals surface area contributed by atoms with E-state index in [1.807, 2.05) is 0 Å². The Morgan fingerprint density at radius 1 is 1.40 bits per heavy atom. The van der Waals surface area contributed by atoms with Crippen LogP contribution in [0, 0.1) is 0 Å². The van der Waals surface area contributed by atoms with Gasteiger partial charge in [0.15, 0.2) is 0 Å². The number of aromatic nitrogens is 2. The van der Waals surface area contributed by atoms with E-state index < -0.39 is 17.8 Å². The van der Waals surface area contributed by atoms with E-state index >= 15 is 0 Å². The zero-order chi connectivity index (χ0) is 15.2. The average Bonchev–Trinajstić information content (AvgIpc) is 2.31. The van der Waals surface area contributed by atoms with Crippen LogP contribution in [0.25, 0.3) is 0 Å². The molecule has 20 heavy (non-hydrogen) atoms. The highest BCUT2D eigenvalue weighted by Gasteiger charge is 2.35. The SMILES string of the molecule is NC(=O)OCCCCNc1nc(N)ncc1C(F)(F)F. The third kappa shape index (κ3) is 5.16. The molecule has 112 valence electrons. The van der Waals surface area contributed by atoms with E-state index in [1.54, 1.807) is 0 Å². The van der Waals surface area contributed by atoms with Crippen molar-refractivity contribution in [2.45, 2.75) is 19.0 Å². The highest BCUT2D eigenvalue weighted by atomic mass is 19.4. The predicted molar refractivity (Wildman–Crippen MR) is 64.7 cm³/mol. The van der Waals surface area contributed by atoms with Gasteiger partial charge < -0.3 is 21.5 Å². The topological polar surface area (TPSA) is 116 Å². The fourth-order valence-electron chi connectivity index (χ4n) is 1.34. The van der Waals surface area contributed by atoms with Gasteiger partial charge in [-0.3, -0.25) is 0 Å². The Labute approximate surface area is 112 Å². The number of carbonyl (C=O) groups excluding carboxylic acids is 1. The molecule has 1 rings (SSSR count). The molecule has 1 aromatic heterocycles. The standard InChI is InChI=1S/C10H14F3N5O2/c11-10(12,13)6-5-17-8(14)18-7(6)16-3-1-2-4-20-9(15)19/h5H,1-4H2,(H2,15,19)(H3,14,16,17,18). The number of ether oxygens (including phenoxy) is 1. The predicted octanol–water partition coefficient (Wildman–Crippen LogP) is 1.37. The number of nitrogens with two attached hydrogens (primary N) is 2. The van der Waals surface area contributed by atoms with Gasteiger partial charge in [0.1, 0.15) is 11.4 Å². The molecule has 0 fully saturated rings. The van der Waals surface area contributed by atoms with Crippen LogP contribution >= 0.6 is 0 Å². The smallest absolute Gasteiger partial charge is 0.421 e. The Bertz CT molecular complexity index is 467. The van der Waals surface area contributed by atoms with Crippen LogP contribution in [0.4, 0.5) is 29.7 Å². The minimum Gasteiger partial charge on any atom is -0.450 e. The summed E-state index contributed by atoms with van der Waals surface area (Å²) >= 11 is 0. The zero-order valence-corrected chi connectivity index (χ0v) is 10.4. The number of primary amides is 1. The number of nitrogen functional groups attached to an aromatic ring is 1. The minimum atomic E-state index is -4.56. The van der Waals surface area contributed by atoms with Crippen LogP contribution in [0.2, 0.25) is 0 Å². The molecule has 0 aliphatic rings. The monoisotopic (exact) mass is 293 g/mol. The van der Waals surface area contributed by atoms with Gasteiger partial charge in [0, 0.05) is 12.7 Å². The molecule has 0 atom stereocenters. The van der Waals surface area contributed by atoms with Crippen molar-refractivity contribution in [1.82, 2.24) is 9.97 Å². The first-order valence-electron chi connectivity index (χ1n) is 5.66. The summed E-state index contributed by atoms with van der Waals surface area (Å²) in [5.41, 5.74) is 9.02. The van der Waals surface area contributed by atoms with E-state index in [0.29, 0.717) is 19.0 Å². The van der Waals surface area contributed by atoms with Crippen LogP contribution in [-0.2, 0) is 10.9 Å². The molecular formula is C10H14F3N5O2. The lowest BCUT2D eigenvalue weighted by Crippen LogP contribution is -2.16. The van der Waals surface area contributed by atoms with E-state index in [4.69, 9.17) is 11.5 Å². The van der Waals surface area contributed by atoms with Crippen LogP contribution in [-0.4, -0.2) is 29.2 Å². The third-order valence-corrected chi connectivity index (χ3v) is 2.22. The summed E-state index contributed by atoms with van der Waals surface area (Å²) in [4.78, 5) is 17.1. The first-order chi connectivity index (χ1) is 9.30. The molecule has 0 aliphatic heterocycles. The van der Waals surface area contributed by atoms with E-state index in [-0.39, 0.29) is 24.9 Å². The summed E-state index contributed by atoms with van der Waals surface area (Å²) < 4.78 is 42.5. The second-order valence-corrected chi connectivity index (χ2v) is 3.79. The lowest BCUT2D eigenvalue weighted by atomic mass is 10.2. The second kappa shape index (κ2) is 6.78. The van der Waals surface area contributed by atoms with Crippen molar-refractivity contribution in [1.29, 1.82) is 0 Å². The molecule has 0 aromatic carbocycles. The van der Waals surface area contributed by atoms with Gasteiger partial charge >= 0.3 is 12.3 Å². The summed E-state index contributed by atoms with van der Waals surface area (Å²) in [6.07, 6.45) is -3.90. The number of hydrogen-bond donors (Lipinski definition) is 3. The maximum absolute atomic E-state index is 12.7. The van der Waals surface area contributed by atoms with Gasteiger partial charge in [0.25, 0.3) is 0 Å². The lowest BCUT2D eigenvalue weighted by Gasteiger charge is -2.13. The number of hydrogen-bond acceptors (Lipinski definition) is 6. The highest BCUT2D eigenvalue weighted by molar-refractivity contribution is 5.64. The number of anilines is 2. The van der Waals surface area contributed by atoms with Gasteiger partial charge in [0.05, 0.1) is 6.61 Å². The van der Waals surface area contributed by atoms with Crippen LogP contribution in [0.5, 0.6) is 0 Å². The number of unbranched alkanes of at least 4 members (excludes halogenated alkanes) is 1. The zero-order valence-electron chi connectivity index (χ0n) is 10.4. The quantitative estimate of drug-likeness (QED) is 0.682. The molecule has 0 spiro atoms. The molecule has 7 nitrogen and oxygen atoms in total. The minimum absolute atomic E-state index is 0.106. The highest BCUT2D eigenvalue weighted by Crippen LogP contribution is 2.33. The number of alkyl halides is 3. The Hall–Kier alpha value is -2.26. The number of amides is 1. The Morgan fingerprint density at radius 3 is 2.70 bits per heavy atom. The molecule has 0 saturated heterocycles. The first-order valence-corrected chi connectivity index (χ1v) is 5.66. The molecule has 0 aliphatic carbocycles. The number of nitrogens with one attached hydrogen (secondary N) is 1. The lowest BCUT2D eigenvalue weighted by molar-refractivity contribution is -0.137. The third-order valence-electron chi connectivity index (χ3n) is 2.22. The molecular weight excluding hydrogens is 279 g/mol. The van der Waals surface area contributed by atoms with Crippen molar-refractivity contribution in [2.75, 3.05) is 24.2 Å². The van der Waals surface area contributed by atoms with E-state index in [0.717, 1.165) is 0 Å². The maximum atomic E-state index is 12.7. The van der Waals surface area contributed by atoms with Gasteiger partial charge in [-0.25, -0.2) is 9.78 Å². The molecule has 1 aromatic rings.